The van der Waals surface area contributed by atoms with Crippen molar-refractivity contribution in [2.24, 2.45) is 0 Å². The predicted molar refractivity (Wildman–Crippen MR) is 154 cm³/mol. The number of rotatable bonds is 7. The zero-order valence-corrected chi connectivity index (χ0v) is 22.6. The third-order valence-corrected chi connectivity index (χ3v) is 5.87. The van der Waals surface area contributed by atoms with Crippen LogP contribution in [0.15, 0.2) is 75.9 Å². The quantitative estimate of drug-likeness (QED) is 0.207. The first kappa shape index (κ1) is 28.1. The molecule has 0 aliphatic rings. The van der Waals surface area contributed by atoms with Crippen LogP contribution in [0, 0.1) is 6.92 Å². The number of aryl methyl sites for hydroxylation is 1. The minimum atomic E-state index is -0.663. The second-order valence-electron chi connectivity index (χ2n) is 8.75. The molecule has 5 aromatic rings. The van der Waals surface area contributed by atoms with E-state index in [0.717, 1.165) is 5.56 Å². The van der Waals surface area contributed by atoms with Gasteiger partial charge in [0, 0.05) is 23.6 Å². The Balaban J connectivity index is 0.00000370. The van der Waals surface area contributed by atoms with E-state index < -0.39 is 11.5 Å². The number of fused-ring (bicyclic) bond motifs is 3. The summed E-state index contributed by atoms with van der Waals surface area (Å²) >= 11 is 0. The molecular weight excluding hydrogens is 536 g/mol. The van der Waals surface area contributed by atoms with E-state index in [-0.39, 0.29) is 41.9 Å². The summed E-state index contributed by atoms with van der Waals surface area (Å²) < 4.78 is 16.6. The molecule has 0 aliphatic carbocycles. The molecule has 204 valence electrons. The first-order valence-electron chi connectivity index (χ1n) is 12.0. The summed E-state index contributed by atoms with van der Waals surface area (Å²) in [6, 6.07) is 19.4. The van der Waals surface area contributed by atoms with Crippen molar-refractivity contribution in [3.63, 3.8) is 0 Å². The van der Waals surface area contributed by atoms with Crippen molar-refractivity contribution in [1.82, 2.24) is 9.97 Å². The molecule has 0 spiro atoms. The number of halogens is 1. The highest BCUT2D eigenvalue weighted by molar-refractivity contribution is 6.08. The standard InChI is InChI=1S/C29H24N4O6.ClH/c1-16-8-11-19(12-9-16)31-24(35)15-38-22-13-10-18(14-23(22)37-3)27-32-26-20-6-4-5-7-21(20)39-29(36)25(26)28(33-27)30-17(2)34;/h4-14H,15H2,1-3H3,(H,31,35)(H,30,32,33,34);1H. The van der Waals surface area contributed by atoms with E-state index in [1.807, 2.05) is 31.2 Å². The van der Waals surface area contributed by atoms with Crippen LogP contribution >= 0.6 is 12.4 Å². The molecule has 0 bridgehead atoms. The van der Waals surface area contributed by atoms with E-state index in [0.29, 0.717) is 39.2 Å². The minimum Gasteiger partial charge on any atom is -0.493 e. The van der Waals surface area contributed by atoms with Crippen molar-refractivity contribution < 1.29 is 23.5 Å². The molecule has 2 amide bonds. The van der Waals surface area contributed by atoms with Crippen LogP contribution in [0.25, 0.3) is 33.3 Å². The Bertz CT molecular complexity index is 1790. The smallest absolute Gasteiger partial charge is 0.349 e. The second kappa shape index (κ2) is 11.8. The lowest BCUT2D eigenvalue weighted by Gasteiger charge is -2.13. The number of hydrogen-bond donors (Lipinski definition) is 2. The lowest BCUT2D eigenvalue weighted by atomic mass is 10.1. The molecule has 2 N–H and O–H groups in total. The van der Waals surface area contributed by atoms with E-state index in [4.69, 9.17) is 13.9 Å². The maximum atomic E-state index is 12.8. The number of hydrogen-bond acceptors (Lipinski definition) is 8. The predicted octanol–water partition coefficient (Wildman–Crippen LogP) is 5.12. The van der Waals surface area contributed by atoms with Crippen molar-refractivity contribution in [3.05, 3.63) is 82.7 Å². The van der Waals surface area contributed by atoms with Gasteiger partial charge < -0.3 is 24.5 Å². The SMILES string of the molecule is COc1cc(-c2nc(NC(C)=O)c3c(=O)oc4ccccc4c3n2)ccc1OCC(=O)Nc1ccc(C)cc1.Cl. The van der Waals surface area contributed by atoms with Gasteiger partial charge in [-0.05, 0) is 49.4 Å². The fourth-order valence-electron chi connectivity index (χ4n) is 4.04. The number of carbonyl (C=O) groups is 2. The molecule has 0 atom stereocenters. The van der Waals surface area contributed by atoms with E-state index in [2.05, 4.69) is 20.6 Å². The van der Waals surface area contributed by atoms with Gasteiger partial charge in [-0.15, -0.1) is 12.4 Å². The fourth-order valence-corrected chi connectivity index (χ4v) is 4.04. The molecule has 0 unspecified atom stereocenters. The van der Waals surface area contributed by atoms with Gasteiger partial charge >= 0.3 is 5.63 Å². The van der Waals surface area contributed by atoms with Gasteiger partial charge in [0.1, 0.15) is 11.0 Å². The van der Waals surface area contributed by atoms with Gasteiger partial charge in [-0.1, -0.05) is 29.8 Å². The maximum Gasteiger partial charge on any atom is 0.349 e. The number of carbonyl (C=O) groups excluding carboxylic acids is 2. The molecule has 0 aliphatic heterocycles. The average Bonchev–Trinajstić information content (AvgIpc) is 2.92. The zero-order chi connectivity index (χ0) is 27.5. The van der Waals surface area contributed by atoms with Crippen molar-refractivity contribution >= 4 is 57.6 Å². The van der Waals surface area contributed by atoms with Gasteiger partial charge in [0.15, 0.2) is 29.7 Å². The minimum absolute atomic E-state index is 0. The van der Waals surface area contributed by atoms with Gasteiger partial charge in [0.2, 0.25) is 5.91 Å². The molecule has 0 radical (unpaired) electrons. The molecule has 2 aromatic heterocycles. The Labute approximate surface area is 234 Å². The van der Waals surface area contributed by atoms with Crippen LogP contribution in [-0.2, 0) is 9.59 Å². The number of methoxy groups -OCH3 is 1. The number of para-hydroxylation sites is 1. The Morgan fingerprint density at radius 2 is 1.70 bits per heavy atom. The van der Waals surface area contributed by atoms with Gasteiger partial charge in [-0.3, -0.25) is 9.59 Å². The van der Waals surface area contributed by atoms with E-state index in [1.165, 1.54) is 14.0 Å². The summed E-state index contributed by atoms with van der Waals surface area (Å²) in [5, 5.41) is 6.05. The number of ether oxygens (including phenoxy) is 2. The van der Waals surface area contributed by atoms with E-state index >= 15 is 0 Å². The van der Waals surface area contributed by atoms with Crippen LogP contribution < -0.4 is 25.7 Å². The number of nitrogens with one attached hydrogen (secondary N) is 2. The Morgan fingerprint density at radius 3 is 2.42 bits per heavy atom. The lowest BCUT2D eigenvalue weighted by molar-refractivity contribution is -0.118. The molecule has 3 aromatic carbocycles. The Morgan fingerprint density at radius 1 is 0.950 bits per heavy atom. The van der Waals surface area contributed by atoms with E-state index in [9.17, 15) is 14.4 Å². The zero-order valence-electron chi connectivity index (χ0n) is 21.8. The third-order valence-electron chi connectivity index (χ3n) is 5.87. The Kier molecular flexibility index (Phi) is 8.30. The molecule has 0 saturated carbocycles. The van der Waals surface area contributed by atoms with Gasteiger partial charge in [-0.25, -0.2) is 14.8 Å². The summed E-state index contributed by atoms with van der Waals surface area (Å²) in [6.07, 6.45) is 0. The number of amides is 2. The van der Waals surface area contributed by atoms with Crippen LogP contribution in [0.4, 0.5) is 11.5 Å². The highest BCUT2D eigenvalue weighted by Crippen LogP contribution is 2.34. The summed E-state index contributed by atoms with van der Waals surface area (Å²) in [6.45, 7) is 3.05. The molecule has 2 heterocycles. The maximum absolute atomic E-state index is 12.8. The van der Waals surface area contributed by atoms with Crippen molar-refractivity contribution in [3.8, 4) is 22.9 Å². The van der Waals surface area contributed by atoms with Crippen LogP contribution in [0.3, 0.4) is 0 Å². The molecular formula is C29H25ClN4O6. The van der Waals surface area contributed by atoms with Crippen molar-refractivity contribution in [2.45, 2.75) is 13.8 Å². The molecule has 0 saturated heterocycles. The monoisotopic (exact) mass is 560 g/mol. The summed E-state index contributed by atoms with van der Waals surface area (Å²) in [5.41, 5.74) is 2.33. The number of aromatic nitrogens is 2. The molecule has 0 fully saturated rings. The normalized spacial score (nSPS) is 10.6. The lowest BCUT2D eigenvalue weighted by Crippen LogP contribution is -2.20. The van der Waals surface area contributed by atoms with Crippen molar-refractivity contribution in [2.75, 3.05) is 24.4 Å². The number of anilines is 2. The highest BCUT2D eigenvalue weighted by atomic mass is 35.5. The summed E-state index contributed by atoms with van der Waals surface area (Å²) in [7, 11) is 1.47. The second-order valence-corrected chi connectivity index (χ2v) is 8.75. The van der Waals surface area contributed by atoms with Crippen LogP contribution in [0.5, 0.6) is 11.5 Å². The van der Waals surface area contributed by atoms with Gasteiger partial charge in [-0.2, -0.15) is 0 Å². The first-order chi connectivity index (χ1) is 18.8. The third kappa shape index (κ3) is 5.87. The topological polar surface area (TPSA) is 133 Å². The summed E-state index contributed by atoms with van der Waals surface area (Å²) in [4.78, 5) is 46.2. The van der Waals surface area contributed by atoms with Gasteiger partial charge in [0.05, 0.1) is 12.6 Å². The van der Waals surface area contributed by atoms with Crippen LogP contribution in [-0.4, -0.2) is 35.5 Å². The molecule has 5 rings (SSSR count). The molecule has 11 heteroatoms. The average molecular weight is 561 g/mol. The van der Waals surface area contributed by atoms with Gasteiger partial charge in [0.25, 0.3) is 5.91 Å². The number of nitrogens with zero attached hydrogens (tertiary/aromatic N) is 2. The summed E-state index contributed by atoms with van der Waals surface area (Å²) in [5.74, 6) is 0.234. The van der Waals surface area contributed by atoms with E-state index in [1.54, 1.807) is 42.5 Å². The van der Waals surface area contributed by atoms with Crippen LogP contribution in [0.1, 0.15) is 12.5 Å². The highest BCUT2D eigenvalue weighted by Gasteiger charge is 2.19. The first-order valence-corrected chi connectivity index (χ1v) is 12.0. The number of benzene rings is 3. The largest absolute Gasteiger partial charge is 0.493 e. The Hall–Kier alpha value is -4.96. The molecule has 40 heavy (non-hydrogen) atoms. The van der Waals surface area contributed by atoms with Crippen LogP contribution in [0.2, 0.25) is 0 Å². The molecule has 10 nitrogen and oxygen atoms in total. The fraction of sp³-hybridized carbons (Fsp3) is 0.138. The van der Waals surface area contributed by atoms with Crippen molar-refractivity contribution in [1.29, 1.82) is 0 Å².